The molecule has 0 aromatic heterocycles. The SMILES string of the molecule is CC(N)CCC(=O)Nc1cc(C(F)(F)F)ccc1F. The van der Waals surface area contributed by atoms with Gasteiger partial charge in [0.1, 0.15) is 5.82 Å². The van der Waals surface area contributed by atoms with E-state index in [-0.39, 0.29) is 12.5 Å². The molecule has 3 N–H and O–H groups in total. The zero-order valence-corrected chi connectivity index (χ0v) is 10.2. The van der Waals surface area contributed by atoms with Crippen LogP contribution in [0, 0.1) is 5.82 Å². The number of alkyl halides is 3. The van der Waals surface area contributed by atoms with E-state index in [4.69, 9.17) is 5.73 Å². The molecule has 1 rings (SSSR count). The van der Waals surface area contributed by atoms with Crippen molar-refractivity contribution in [1.82, 2.24) is 0 Å². The van der Waals surface area contributed by atoms with Crippen molar-refractivity contribution >= 4 is 11.6 Å². The van der Waals surface area contributed by atoms with Crippen molar-refractivity contribution in [3.8, 4) is 0 Å². The van der Waals surface area contributed by atoms with Crippen LogP contribution < -0.4 is 11.1 Å². The van der Waals surface area contributed by atoms with Crippen LogP contribution in [0.15, 0.2) is 18.2 Å². The van der Waals surface area contributed by atoms with Crippen LogP contribution in [-0.4, -0.2) is 11.9 Å². The number of carbonyl (C=O) groups excluding carboxylic acids is 1. The van der Waals surface area contributed by atoms with E-state index in [2.05, 4.69) is 5.32 Å². The third-order valence-electron chi connectivity index (χ3n) is 2.39. The Balaban J connectivity index is 2.80. The van der Waals surface area contributed by atoms with E-state index in [0.717, 1.165) is 0 Å². The van der Waals surface area contributed by atoms with Gasteiger partial charge in [0.05, 0.1) is 11.3 Å². The number of nitrogens with one attached hydrogen (secondary N) is 1. The summed E-state index contributed by atoms with van der Waals surface area (Å²) in [6.07, 6.45) is -4.20. The Morgan fingerprint density at radius 3 is 2.58 bits per heavy atom. The molecule has 106 valence electrons. The lowest BCUT2D eigenvalue weighted by molar-refractivity contribution is -0.137. The van der Waals surface area contributed by atoms with Gasteiger partial charge in [0, 0.05) is 12.5 Å². The molecule has 0 aliphatic rings. The first-order chi connectivity index (χ1) is 8.70. The quantitative estimate of drug-likeness (QED) is 0.832. The second-order valence-electron chi connectivity index (χ2n) is 4.26. The average molecular weight is 278 g/mol. The Kier molecular flexibility index (Phi) is 4.88. The first-order valence-corrected chi connectivity index (χ1v) is 5.62. The molecular weight excluding hydrogens is 264 g/mol. The smallest absolute Gasteiger partial charge is 0.328 e. The number of hydrogen-bond donors (Lipinski definition) is 2. The Morgan fingerprint density at radius 1 is 1.42 bits per heavy atom. The van der Waals surface area contributed by atoms with E-state index in [1.807, 2.05) is 0 Å². The fraction of sp³-hybridized carbons (Fsp3) is 0.417. The number of amides is 1. The highest BCUT2D eigenvalue weighted by molar-refractivity contribution is 5.90. The van der Waals surface area contributed by atoms with Crippen molar-refractivity contribution in [2.75, 3.05) is 5.32 Å². The largest absolute Gasteiger partial charge is 0.416 e. The molecule has 1 aromatic carbocycles. The minimum absolute atomic E-state index is 0.0212. The van der Waals surface area contributed by atoms with Crippen LogP contribution in [0.25, 0.3) is 0 Å². The molecule has 0 fully saturated rings. The van der Waals surface area contributed by atoms with Gasteiger partial charge in [0.2, 0.25) is 5.91 Å². The number of rotatable bonds is 4. The summed E-state index contributed by atoms with van der Waals surface area (Å²) in [5, 5.41) is 2.11. The van der Waals surface area contributed by atoms with Gasteiger partial charge in [0.15, 0.2) is 0 Å². The summed E-state index contributed by atoms with van der Waals surface area (Å²) >= 11 is 0. The van der Waals surface area contributed by atoms with Gasteiger partial charge in [-0.15, -0.1) is 0 Å². The highest BCUT2D eigenvalue weighted by Crippen LogP contribution is 2.31. The van der Waals surface area contributed by atoms with Crippen LogP contribution in [0.3, 0.4) is 0 Å². The molecule has 1 aromatic rings. The Morgan fingerprint density at radius 2 is 2.05 bits per heavy atom. The molecule has 3 nitrogen and oxygen atoms in total. The van der Waals surface area contributed by atoms with Gasteiger partial charge in [-0.25, -0.2) is 4.39 Å². The average Bonchev–Trinajstić information content (AvgIpc) is 2.28. The molecule has 1 unspecified atom stereocenters. The van der Waals surface area contributed by atoms with Crippen molar-refractivity contribution in [1.29, 1.82) is 0 Å². The van der Waals surface area contributed by atoms with Crippen LogP contribution in [-0.2, 0) is 11.0 Å². The highest BCUT2D eigenvalue weighted by Gasteiger charge is 2.31. The predicted octanol–water partition coefficient (Wildman–Crippen LogP) is 2.91. The van der Waals surface area contributed by atoms with Crippen molar-refractivity contribution < 1.29 is 22.4 Å². The van der Waals surface area contributed by atoms with Crippen molar-refractivity contribution in [2.24, 2.45) is 5.73 Å². The standard InChI is InChI=1S/C12H14F4N2O/c1-7(17)2-5-11(19)18-10-6-8(12(14,15)16)3-4-9(10)13/h3-4,6-7H,2,5,17H2,1H3,(H,18,19). The first kappa shape index (κ1) is 15.4. The molecule has 0 saturated heterocycles. The first-order valence-electron chi connectivity index (χ1n) is 5.62. The molecular formula is C12H14F4N2O. The van der Waals surface area contributed by atoms with Crippen LogP contribution in [0.5, 0.6) is 0 Å². The molecule has 19 heavy (non-hydrogen) atoms. The fourth-order valence-electron chi connectivity index (χ4n) is 1.37. The van der Waals surface area contributed by atoms with Gasteiger partial charge in [-0.1, -0.05) is 0 Å². The van der Waals surface area contributed by atoms with E-state index in [0.29, 0.717) is 24.6 Å². The third kappa shape index (κ3) is 4.86. The fourth-order valence-corrected chi connectivity index (χ4v) is 1.37. The number of anilines is 1. The molecule has 0 aliphatic carbocycles. The monoisotopic (exact) mass is 278 g/mol. The van der Waals surface area contributed by atoms with Gasteiger partial charge in [0.25, 0.3) is 0 Å². The van der Waals surface area contributed by atoms with Crippen molar-refractivity contribution in [3.05, 3.63) is 29.6 Å². The molecule has 0 heterocycles. The lowest BCUT2D eigenvalue weighted by Gasteiger charge is -2.11. The zero-order chi connectivity index (χ0) is 14.6. The number of nitrogens with two attached hydrogens (primary N) is 1. The summed E-state index contributed by atoms with van der Waals surface area (Å²) in [6.45, 7) is 1.69. The van der Waals surface area contributed by atoms with Gasteiger partial charge in [-0.05, 0) is 31.5 Å². The maximum atomic E-state index is 13.3. The summed E-state index contributed by atoms with van der Waals surface area (Å²) in [5.74, 6) is -1.49. The Hall–Kier alpha value is -1.63. The normalized spacial score (nSPS) is 13.2. The topological polar surface area (TPSA) is 55.1 Å². The lowest BCUT2D eigenvalue weighted by Crippen LogP contribution is -2.20. The molecule has 7 heteroatoms. The maximum absolute atomic E-state index is 13.3. The summed E-state index contributed by atoms with van der Waals surface area (Å²) in [5.41, 5.74) is 3.94. The van der Waals surface area contributed by atoms with Crippen molar-refractivity contribution in [2.45, 2.75) is 32.0 Å². The van der Waals surface area contributed by atoms with Crippen LogP contribution >= 0.6 is 0 Å². The van der Waals surface area contributed by atoms with Gasteiger partial charge < -0.3 is 11.1 Å². The van der Waals surface area contributed by atoms with Crippen LogP contribution in [0.4, 0.5) is 23.2 Å². The maximum Gasteiger partial charge on any atom is 0.416 e. The minimum Gasteiger partial charge on any atom is -0.328 e. The summed E-state index contributed by atoms with van der Waals surface area (Å²) < 4.78 is 50.6. The Bertz CT molecular complexity index is 458. The highest BCUT2D eigenvalue weighted by atomic mass is 19.4. The molecule has 0 saturated carbocycles. The van der Waals surface area contributed by atoms with Crippen molar-refractivity contribution in [3.63, 3.8) is 0 Å². The predicted molar refractivity (Wildman–Crippen MR) is 62.9 cm³/mol. The van der Waals surface area contributed by atoms with Gasteiger partial charge >= 0.3 is 6.18 Å². The minimum atomic E-state index is -4.58. The van der Waals surface area contributed by atoms with Gasteiger partial charge in [-0.3, -0.25) is 4.79 Å². The lowest BCUT2D eigenvalue weighted by atomic mass is 10.1. The third-order valence-corrected chi connectivity index (χ3v) is 2.39. The molecule has 0 aliphatic heterocycles. The number of halogens is 4. The number of carbonyl (C=O) groups is 1. The van der Waals surface area contributed by atoms with Crippen LogP contribution in [0.2, 0.25) is 0 Å². The molecule has 1 amide bonds. The second-order valence-corrected chi connectivity index (χ2v) is 4.26. The molecule has 0 spiro atoms. The van der Waals surface area contributed by atoms with E-state index in [9.17, 15) is 22.4 Å². The number of benzene rings is 1. The van der Waals surface area contributed by atoms with E-state index < -0.39 is 29.2 Å². The van der Waals surface area contributed by atoms with Gasteiger partial charge in [-0.2, -0.15) is 13.2 Å². The summed E-state index contributed by atoms with van der Waals surface area (Å²) in [6, 6.07) is 1.65. The second kappa shape index (κ2) is 6.01. The van der Waals surface area contributed by atoms with E-state index in [1.165, 1.54) is 0 Å². The molecule has 0 bridgehead atoms. The molecule has 0 radical (unpaired) electrons. The summed E-state index contributed by atoms with van der Waals surface area (Å²) in [4.78, 5) is 11.4. The van der Waals surface area contributed by atoms with E-state index in [1.54, 1.807) is 6.92 Å². The van der Waals surface area contributed by atoms with E-state index >= 15 is 0 Å². The number of hydrogen-bond acceptors (Lipinski definition) is 2. The zero-order valence-electron chi connectivity index (χ0n) is 10.2. The summed E-state index contributed by atoms with van der Waals surface area (Å²) in [7, 11) is 0. The van der Waals surface area contributed by atoms with Crippen LogP contribution in [0.1, 0.15) is 25.3 Å². The molecule has 1 atom stereocenters. The Labute approximate surface area is 107 Å².